The van der Waals surface area contributed by atoms with Gasteiger partial charge in [-0.25, -0.2) is 8.78 Å². The number of amides is 1. The number of carbonyl (C=O) groups is 1. The quantitative estimate of drug-likeness (QED) is 0.136. The maximum Gasteiger partial charge on any atom is 0.263 e. The SMILES string of the molecule is CCN(C(=O)c1cn(-c2cc(OC)cc(OC)c2)c2cc(OCCc3ccc(CBr)cc3)ccc2c1=O)c1cc(F)cc(F)c1. The molecule has 10 heteroatoms. The maximum atomic E-state index is 14.1. The number of halogens is 3. The number of ether oxygens (including phenoxy) is 3. The second-order valence-electron chi connectivity index (χ2n) is 10.2. The Morgan fingerprint density at radius 2 is 1.49 bits per heavy atom. The monoisotopic (exact) mass is 676 g/mol. The van der Waals surface area contributed by atoms with Crippen LogP contribution in [0.2, 0.25) is 0 Å². The Bertz CT molecular complexity index is 1870. The number of anilines is 1. The van der Waals surface area contributed by atoms with Crippen molar-refractivity contribution >= 4 is 38.4 Å². The number of pyridine rings is 1. The van der Waals surface area contributed by atoms with E-state index in [0.29, 0.717) is 41.5 Å². The summed E-state index contributed by atoms with van der Waals surface area (Å²) in [6.45, 7) is 2.13. The Kier molecular flexibility index (Phi) is 9.83. The molecule has 0 aliphatic heterocycles. The Labute approximate surface area is 267 Å². The van der Waals surface area contributed by atoms with E-state index >= 15 is 0 Å². The normalized spacial score (nSPS) is 11.0. The van der Waals surface area contributed by atoms with E-state index in [-0.39, 0.29) is 23.2 Å². The van der Waals surface area contributed by atoms with E-state index in [1.807, 2.05) is 0 Å². The molecule has 0 atom stereocenters. The highest BCUT2D eigenvalue weighted by molar-refractivity contribution is 9.08. The van der Waals surface area contributed by atoms with Crippen LogP contribution in [-0.4, -0.2) is 37.8 Å². The van der Waals surface area contributed by atoms with E-state index < -0.39 is 23.0 Å². The summed E-state index contributed by atoms with van der Waals surface area (Å²) in [6.07, 6.45) is 2.11. The third kappa shape index (κ3) is 7.01. The van der Waals surface area contributed by atoms with Crippen molar-refractivity contribution in [3.05, 3.63) is 124 Å². The number of hydrogen-bond donors (Lipinski definition) is 0. The first-order valence-corrected chi connectivity index (χ1v) is 15.3. The number of aromatic nitrogens is 1. The molecule has 1 heterocycles. The van der Waals surface area contributed by atoms with Crippen LogP contribution in [0.25, 0.3) is 16.6 Å². The van der Waals surface area contributed by atoms with Crippen LogP contribution in [0.4, 0.5) is 14.5 Å². The maximum absolute atomic E-state index is 14.1. The standard InChI is InChI=1S/C35H31BrF2N2O5/c1-4-39(26-14-24(37)13-25(38)15-26)35(42)32-21-40(27-16-29(43-2)18-30(17-27)44-3)33-19-28(9-10-31(33)34(32)41)45-12-11-22-5-7-23(20-36)8-6-22/h5-10,13-19,21H,4,11-12,20H2,1-3H3. The highest BCUT2D eigenvalue weighted by Gasteiger charge is 2.24. The van der Waals surface area contributed by atoms with E-state index in [1.54, 1.807) is 47.9 Å². The third-order valence-corrected chi connectivity index (χ3v) is 8.03. The lowest BCUT2D eigenvalue weighted by atomic mass is 10.1. The van der Waals surface area contributed by atoms with Crippen molar-refractivity contribution in [3.63, 3.8) is 0 Å². The Morgan fingerprint density at radius 3 is 2.09 bits per heavy atom. The fourth-order valence-electron chi connectivity index (χ4n) is 5.06. The number of methoxy groups -OCH3 is 2. The zero-order valence-corrected chi connectivity index (χ0v) is 26.6. The molecule has 7 nitrogen and oxygen atoms in total. The van der Waals surface area contributed by atoms with Gasteiger partial charge in [0, 0.05) is 65.9 Å². The summed E-state index contributed by atoms with van der Waals surface area (Å²) in [5.74, 6) is -0.852. The zero-order chi connectivity index (χ0) is 32.1. The lowest BCUT2D eigenvalue weighted by Crippen LogP contribution is -2.35. The predicted octanol–water partition coefficient (Wildman–Crippen LogP) is 7.47. The van der Waals surface area contributed by atoms with E-state index in [9.17, 15) is 18.4 Å². The summed E-state index contributed by atoms with van der Waals surface area (Å²) in [5, 5.41) is 1.04. The largest absolute Gasteiger partial charge is 0.497 e. The lowest BCUT2D eigenvalue weighted by molar-refractivity contribution is 0.0987. The van der Waals surface area contributed by atoms with Crippen LogP contribution < -0.4 is 24.5 Å². The average molecular weight is 678 g/mol. The van der Waals surface area contributed by atoms with Gasteiger partial charge < -0.3 is 23.7 Å². The molecule has 0 radical (unpaired) electrons. The van der Waals surface area contributed by atoms with Crippen LogP contribution in [0.3, 0.4) is 0 Å². The summed E-state index contributed by atoms with van der Waals surface area (Å²) >= 11 is 3.46. The molecule has 0 spiro atoms. The molecule has 232 valence electrons. The summed E-state index contributed by atoms with van der Waals surface area (Å²) < 4.78 is 46.9. The topological polar surface area (TPSA) is 70.0 Å². The van der Waals surface area contributed by atoms with Gasteiger partial charge in [-0.15, -0.1) is 0 Å². The number of rotatable bonds is 11. The molecule has 4 aromatic carbocycles. The molecule has 0 saturated heterocycles. The number of carbonyl (C=O) groups excluding carboxylic acids is 1. The van der Waals surface area contributed by atoms with Crippen LogP contribution >= 0.6 is 15.9 Å². The summed E-state index contributed by atoms with van der Waals surface area (Å²) in [7, 11) is 3.04. The van der Waals surface area contributed by atoms with Crippen molar-refractivity contribution < 1.29 is 27.8 Å². The van der Waals surface area contributed by atoms with Crippen molar-refractivity contribution in [3.8, 4) is 22.9 Å². The average Bonchev–Trinajstić information content (AvgIpc) is 3.04. The summed E-state index contributed by atoms with van der Waals surface area (Å²) in [6, 6.07) is 21.3. The molecule has 5 rings (SSSR count). The summed E-state index contributed by atoms with van der Waals surface area (Å²) in [4.78, 5) is 28.9. The van der Waals surface area contributed by atoms with Crippen LogP contribution in [0.1, 0.15) is 28.4 Å². The number of nitrogens with zero attached hydrogens (tertiary/aromatic N) is 2. The van der Waals surface area contributed by atoms with Gasteiger partial charge in [-0.1, -0.05) is 40.2 Å². The molecule has 0 saturated carbocycles. The van der Waals surface area contributed by atoms with Gasteiger partial charge in [0.25, 0.3) is 5.91 Å². The van der Waals surface area contributed by atoms with Gasteiger partial charge in [-0.3, -0.25) is 9.59 Å². The Morgan fingerprint density at radius 1 is 0.844 bits per heavy atom. The molecule has 0 fully saturated rings. The first-order valence-electron chi connectivity index (χ1n) is 14.2. The van der Waals surface area contributed by atoms with Crippen molar-refractivity contribution in [2.75, 3.05) is 32.3 Å². The molecule has 45 heavy (non-hydrogen) atoms. The van der Waals surface area contributed by atoms with Crippen molar-refractivity contribution in [1.82, 2.24) is 4.57 Å². The van der Waals surface area contributed by atoms with Crippen LogP contribution in [0.15, 0.2) is 89.9 Å². The second kappa shape index (κ2) is 13.9. The number of alkyl halides is 1. The molecule has 0 aliphatic carbocycles. The first kappa shape index (κ1) is 31.7. The number of fused-ring (bicyclic) bond motifs is 1. The van der Waals surface area contributed by atoms with E-state index in [0.717, 1.165) is 34.0 Å². The lowest BCUT2D eigenvalue weighted by Gasteiger charge is -2.22. The van der Waals surface area contributed by atoms with Gasteiger partial charge in [0.1, 0.15) is 34.4 Å². The van der Waals surface area contributed by atoms with Crippen LogP contribution in [0.5, 0.6) is 17.2 Å². The van der Waals surface area contributed by atoms with Crippen molar-refractivity contribution in [2.24, 2.45) is 0 Å². The molecule has 0 unspecified atom stereocenters. The van der Waals surface area contributed by atoms with Gasteiger partial charge in [-0.2, -0.15) is 0 Å². The number of benzene rings is 4. The van der Waals surface area contributed by atoms with Gasteiger partial charge >= 0.3 is 0 Å². The molecule has 0 bridgehead atoms. The van der Waals surface area contributed by atoms with Gasteiger partial charge in [-0.05, 0) is 42.3 Å². The Hall–Kier alpha value is -4.70. The molecular formula is C35H31BrF2N2O5. The molecule has 0 aliphatic rings. The molecule has 1 amide bonds. The van der Waals surface area contributed by atoms with E-state index in [2.05, 4.69) is 40.2 Å². The van der Waals surface area contributed by atoms with Crippen LogP contribution in [0, 0.1) is 11.6 Å². The van der Waals surface area contributed by atoms with E-state index in [1.165, 1.54) is 26.0 Å². The molecule has 1 aromatic heterocycles. The highest BCUT2D eigenvalue weighted by atomic mass is 79.9. The molecule has 0 N–H and O–H groups in total. The minimum absolute atomic E-state index is 0.000298. The van der Waals surface area contributed by atoms with Gasteiger partial charge in [0.2, 0.25) is 5.43 Å². The van der Waals surface area contributed by atoms with E-state index in [4.69, 9.17) is 14.2 Å². The smallest absolute Gasteiger partial charge is 0.263 e. The Balaban J connectivity index is 1.59. The minimum Gasteiger partial charge on any atom is -0.497 e. The fourth-order valence-corrected chi connectivity index (χ4v) is 5.43. The van der Waals surface area contributed by atoms with Gasteiger partial charge in [0.05, 0.1) is 32.0 Å². The minimum atomic E-state index is -0.834. The van der Waals surface area contributed by atoms with Crippen LogP contribution in [-0.2, 0) is 11.8 Å². The first-order chi connectivity index (χ1) is 21.7. The predicted molar refractivity (Wildman–Crippen MR) is 175 cm³/mol. The molecular weight excluding hydrogens is 646 g/mol. The second-order valence-corrected chi connectivity index (χ2v) is 10.8. The highest BCUT2D eigenvalue weighted by Crippen LogP contribution is 2.29. The zero-order valence-electron chi connectivity index (χ0n) is 25.0. The summed E-state index contributed by atoms with van der Waals surface area (Å²) in [5.41, 5.74) is 2.62. The fraction of sp³-hybridized carbons (Fsp3) is 0.200. The van der Waals surface area contributed by atoms with Gasteiger partial charge in [0.15, 0.2) is 0 Å². The third-order valence-electron chi connectivity index (χ3n) is 7.38. The number of hydrogen-bond acceptors (Lipinski definition) is 5. The van der Waals surface area contributed by atoms with Crippen molar-refractivity contribution in [2.45, 2.75) is 18.7 Å². The van der Waals surface area contributed by atoms with Crippen molar-refractivity contribution in [1.29, 1.82) is 0 Å². The molecule has 5 aromatic rings.